The van der Waals surface area contributed by atoms with E-state index in [1.54, 1.807) is 0 Å². The second-order valence-electron chi connectivity index (χ2n) is 3.45. The van der Waals surface area contributed by atoms with Crippen LogP contribution in [-0.4, -0.2) is 26.3 Å². The van der Waals surface area contributed by atoms with Crippen molar-refractivity contribution in [3.05, 3.63) is 11.8 Å². The molecule has 0 saturated carbocycles. The van der Waals surface area contributed by atoms with Crippen molar-refractivity contribution in [2.24, 2.45) is 5.92 Å². The second kappa shape index (κ2) is 5.62. The third kappa shape index (κ3) is 3.36. The number of nitrogens with one attached hydrogen (secondary N) is 1. The normalized spacial score (nSPS) is 24.4. The number of allylic oxidation sites excluding steroid dienone is 2. The minimum absolute atomic E-state index is 0.184. The van der Waals surface area contributed by atoms with Crippen molar-refractivity contribution in [1.82, 2.24) is 5.32 Å². The number of methoxy groups -OCH3 is 1. The van der Waals surface area contributed by atoms with Crippen molar-refractivity contribution in [3.63, 3.8) is 0 Å². The molecule has 1 rings (SSSR count). The highest BCUT2D eigenvalue weighted by Gasteiger charge is 2.19. The van der Waals surface area contributed by atoms with Gasteiger partial charge in [0.2, 0.25) is 0 Å². The number of rotatable bonds is 3. The molecule has 14 heavy (non-hydrogen) atoms. The van der Waals surface area contributed by atoms with Crippen molar-refractivity contribution >= 4 is 5.97 Å². The first-order valence-electron chi connectivity index (χ1n) is 4.82. The van der Waals surface area contributed by atoms with Gasteiger partial charge in [-0.3, -0.25) is 4.79 Å². The van der Waals surface area contributed by atoms with Gasteiger partial charge in [-0.15, -0.1) is 0 Å². The number of halogens is 1. The summed E-state index contributed by atoms with van der Waals surface area (Å²) in [5.74, 6) is 0.109. The Morgan fingerprint density at radius 2 is 2.57 bits per heavy atom. The number of hydrogen-bond donors (Lipinski definition) is 1. The van der Waals surface area contributed by atoms with Gasteiger partial charge < -0.3 is 10.1 Å². The topological polar surface area (TPSA) is 38.3 Å². The average molecular weight is 201 g/mol. The first-order valence-corrected chi connectivity index (χ1v) is 4.82. The molecule has 3 nitrogen and oxygen atoms in total. The molecule has 80 valence electrons. The van der Waals surface area contributed by atoms with Crippen LogP contribution in [0.5, 0.6) is 0 Å². The summed E-state index contributed by atoms with van der Waals surface area (Å²) in [6, 6.07) is 0. The summed E-state index contributed by atoms with van der Waals surface area (Å²) in [4.78, 5) is 11.0. The van der Waals surface area contributed by atoms with Crippen molar-refractivity contribution in [2.75, 3.05) is 20.3 Å². The molecule has 0 aromatic rings. The largest absolute Gasteiger partial charge is 0.469 e. The summed E-state index contributed by atoms with van der Waals surface area (Å²) in [6.45, 7) is 0.362. The van der Waals surface area contributed by atoms with E-state index in [9.17, 15) is 9.18 Å². The molecule has 0 aliphatic carbocycles. The Kier molecular flexibility index (Phi) is 4.43. The average Bonchev–Trinajstić information content (AvgIpc) is 2.19. The van der Waals surface area contributed by atoms with Crippen LogP contribution >= 0.6 is 0 Å². The van der Waals surface area contributed by atoms with Gasteiger partial charge in [0.15, 0.2) is 0 Å². The van der Waals surface area contributed by atoms with Gasteiger partial charge in [0.05, 0.1) is 7.11 Å². The van der Waals surface area contributed by atoms with Crippen LogP contribution < -0.4 is 5.32 Å². The van der Waals surface area contributed by atoms with Crippen molar-refractivity contribution < 1.29 is 13.9 Å². The van der Waals surface area contributed by atoms with E-state index in [4.69, 9.17) is 0 Å². The molecule has 0 spiro atoms. The molecule has 0 unspecified atom stereocenters. The number of hydrogen-bond acceptors (Lipinski definition) is 3. The summed E-state index contributed by atoms with van der Waals surface area (Å²) >= 11 is 0. The highest BCUT2D eigenvalue weighted by molar-refractivity contribution is 5.69. The smallest absolute Gasteiger partial charge is 0.305 e. The Labute approximate surface area is 83.3 Å². The third-order valence-corrected chi connectivity index (χ3v) is 2.42. The Morgan fingerprint density at radius 1 is 1.79 bits per heavy atom. The quantitative estimate of drug-likeness (QED) is 0.701. The van der Waals surface area contributed by atoms with Crippen molar-refractivity contribution in [1.29, 1.82) is 0 Å². The summed E-state index contributed by atoms with van der Waals surface area (Å²) < 4.78 is 16.6. The summed E-state index contributed by atoms with van der Waals surface area (Å²) in [6.07, 6.45) is 3.66. The molecular formula is C10H16FNO2. The molecule has 0 radical (unpaired) electrons. The molecule has 1 fully saturated rings. The van der Waals surface area contributed by atoms with E-state index in [1.807, 2.05) is 0 Å². The maximum Gasteiger partial charge on any atom is 0.305 e. The maximum atomic E-state index is 12.0. The Morgan fingerprint density at radius 3 is 3.21 bits per heavy atom. The molecule has 1 aliphatic heterocycles. The fourth-order valence-electron chi connectivity index (χ4n) is 1.66. The molecule has 1 N–H and O–H groups in total. The number of carbonyl (C=O) groups excluding carboxylic acids is 1. The lowest BCUT2D eigenvalue weighted by Crippen LogP contribution is -2.27. The standard InChI is InChI=1S/C10H16FNO2/c1-14-10(13)7-8-3-5-12-9(6-8)2-4-11/h2,8,12H,3-7H2,1H3/b9-2+/t8-/m0/s1. The van der Waals surface area contributed by atoms with Crippen LogP contribution in [0.1, 0.15) is 19.3 Å². The molecule has 0 bridgehead atoms. The third-order valence-electron chi connectivity index (χ3n) is 2.42. The fourth-order valence-corrected chi connectivity index (χ4v) is 1.66. The zero-order valence-corrected chi connectivity index (χ0v) is 8.38. The van der Waals surface area contributed by atoms with Gasteiger partial charge in [-0.25, -0.2) is 4.39 Å². The van der Waals surface area contributed by atoms with Crippen LogP contribution in [0.4, 0.5) is 4.39 Å². The minimum Gasteiger partial charge on any atom is -0.469 e. The molecular weight excluding hydrogens is 185 g/mol. The number of esters is 1. The van der Waals surface area contributed by atoms with E-state index >= 15 is 0 Å². The predicted molar refractivity (Wildman–Crippen MR) is 51.4 cm³/mol. The van der Waals surface area contributed by atoms with E-state index < -0.39 is 6.67 Å². The van der Waals surface area contributed by atoms with Gasteiger partial charge in [-0.2, -0.15) is 0 Å². The number of ether oxygens (including phenoxy) is 1. The van der Waals surface area contributed by atoms with E-state index in [0.717, 1.165) is 25.1 Å². The monoisotopic (exact) mass is 201 g/mol. The molecule has 1 atom stereocenters. The van der Waals surface area contributed by atoms with Gasteiger partial charge in [0.25, 0.3) is 0 Å². The molecule has 0 aromatic heterocycles. The Balaban J connectivity index is 2.40. The van der Waals surface area contributed by atoms with E-state index in [2.05, 4.69) is 10.1 Å². The lowest BCUT2D eigenvalue weighted by molar-refractivity contribution is -0.141. The molecule has 1 aliphatic rings. The summed E-state index contributed by atoms with van der Waals surface area (Å²) in [5, 5.41) is 3.11. The number of piperidine rings is 1. The second-order valence-corrected chi connectivity index (χ2v) is 3.45. The maximum absolute atomic E-state index is 12.0. The predicted octanol–water partition coefficient (Wildman–Crippen LogP) is 1.40. The summed E-state index contributed by atoms with van der Waals surface area (Å²) in [7, 11) is 1.39. The molecule has 4 heteroatoms. The number of alkyl halides is 1. The lowest BCUT2D eigenvalue weighted by atomic mass is 9.92. The van der Waals surface area contributed by atoms with Crippen LogP contribution in [-0.2, 0) is 9.53 Å². The van der Waals surface area contributed by atoms with Crippen LogP contribution in [0, 0.1) is 5.92 Å². The zero-order chi connectivity index (χ0) is 10.4. The van der Waals surface area contributed by atoms with Gasteiger partial charge in [0, 0.05) is 18.7 Å². The Bertz CT molecular complexity index is 228. The van der Waals surface area contributed by atoms with Crippen molar-refractivity contribution in [2.45, 2.75) is 19.3 Å². The van der Waals surface area contributed by atoms with E-state index in [-0.39, 0.29) is 5.97 Å². The van der Waals surface area contributed by atoms with Gasteiger partial charge >= 0.3 is 5.97 Å². The number of carbonyl (C=O) groups is 1. The van der Waals surface area contributed by atoms with Crippen molar-refractivity contribution in [3.8, 4) is 0 Å². The van der Waals surface area contributed by atoms with Crippen LogP contribution in [0.3, 0.4) is 0 Å². The minimum atomic E-state index is -0.451. The molecule has 0 amide bonds. The molecule has 1 heterocycles. The van der Waals surface area contributed by atoms with Gasteiger partial charge in [-0.1, -0.05) is 0 Å². The lowest BCUT2D eigenvalue weighted by Gasteiger charge is -2.24. The van der Waals surface area contributed by atoms with Gasteiger partial charge in [-0.05, 0) is 24.8 Å². The summed E-state index contributed by atoms with van der Waals surface area (Å²) in [5.41, 5.74) is 0.910. The Hall–Kier alpha value is -1.06. The molecule has 1 saturated heterocycles. The van der Waals surface area contributed by atoms with Crippen LogP contribution in [0.2, 0.25) is 0 Å². The van der Waals surface area contributed by atoms with E-state index in [1.165, 1.54) is 13.2 Å². The highest BCUT2D eigenvalue weighted by atomic mass is 19.1. The van der Waals surface area contributed by atoms with E-state index in [0.29, 0.717) is 12.3 Å². The first kappa shape index (κ1) is 11.0. The van der Waals surface area contributed by atoms with Crippen LogP contribution in [0.15, 0.2) is 11.8 Å². The molecule has 0 aromatic carbocycles. The van der Waals surface area contributed by atoms with Gasteiger partial charge in [0.1, 0.15) is 6.67 Å². The fraction of sp³-hybridized carbons (Fsp3) is 0.700. The SMILES string of the molecule is COC(=O)C[C@H]1CCN/C(=C/CF)C1. The highest BCUT2D eigenvalue weighted by Crippen LogP contribution is 2.22. The van der Waals surface area contributed by atoms with Crippen LogP contribution in [0.25, 0.3) is 0 Å². The zero-order valence-electron chi connectivity index (χ0n) is 8.38. The first-order chi connectivity index (χ1) is 6.76.